The number of benzene rings is 1. The Morgan fingerprint density at radius 3 is 2.63 bits per heavy atom. The van der Waals surface area contributed by atoms with E-state index in [4.69, 9.17) is 4.74 Å². The number of hydrogen-bond acceptors (Lipinski definition) is 7. The van der Waals surface area contributed by atoms with Crippen LogP contribution in [0.2, 0.25) is 0 Å². The summed E-state index contributed by atoms with van der Waals surface area (Å²) < 4.78 is 8.55. The molecule has 0 bridgehead atoms. The number of ether oxygens (including phenoxy) is 1. The number of likely N-dealkylation sites (N-methyl/N-ethyl adjacent to an activating group) is 1. The second-order valence-electron chi connectivity index (χ2n) is 6.70. The Bertz CT molecular complexity index is 1050. The smallest absolute Gasteiger partial charge is 0.147 e. The highest BCUT2D eigenvalue weighted by Gasteiger charge is 2.11. The lowest BCUT2D eigenvalue weighted by Crippen LogP contribution is -2.24. The van der Waals surface area contributed by atoms with Gasteiger partial charge in [-0.3, -0.25) is 4.98 Å². The molecule has 0 aliphatic carbocycles. The largest absolute Gasteiger partial charge is 0.383 e. The van der Waals surface area contributed by atoms with Crippen LogP contribution in [0.4, 0.5) is 11.5 Å². The van der Waals surface area contributed by atoms with Gasteiger partial charge in [-0.2, -0.15) is 0 Å². The maximum absolute atomic E-state index is 5.17. The number of anilines is 2. The molecule has 0 spiro atoms. The minimum absolute atomic E-state index is 0.614. The quantitative estimate of drug-likeness (QED) is 0.457. The van der Waals surface area contributed by atoms with Crippen molar-refractivity contribution in [3.8, 4) is 11.8 Å². The van der Waals surface area contributed by atoms with E-state index in [0.29, 0.717) is 6.61 Å². The maximum atomic E-state index is 5.17. The zero-order valence-electron chi connectivity index (χ0n) is 17.6. The van der Waals surface area contributed by atoms with Crippen LogP contribution in [0.15, 0.2) is 53.8 Å². The van der Waals surface area contributed by atoms with Crippen molar-refractivity contribution in [2.24, 2.45) is 0 Å². The molecule has 154 valence electrons. The van der Waals surface area contributed by atoms with Crippen LogP contribution in [0.1, 0.15) is 22.5 Å². The predicted octanol–water partition coefficient (Wildman–Crippen LogP) is 4.09. The van der Waals surface area contributed by atoms with E-state index in [1.807, 2.05) is 50.1 Å². The van der Waals surface area contributed by atoms with E-state index < -0.39 is 0 Å². The molecule has 0 radical (unpaired) electrons. The van der Waals surface area contributed by atoms with E-state index in [9.17, 15) is 0 Å². The van der Waals surface area contributed by atoms with E-state index in [1.165, 1.54) is 0 Å². The standard InChI is InChI=1S/C23H25N5OS/c1-17-21(23(26-16-25-17)28(3)12-13-29-4)11-10-19-14-22(18(2)24-15-19)27-30-20-8-6-5-7-9-20/h5-9,14-16,27H,12-13H2,1-4H3. The number of aryl methyl sites for hydroxylation is 2. The lowest BCUT2D eigenvalue weighted by Gasteiger charge is -2.19. The monoisotopic (exact) mass is 419 g/mol. The van der Waals surface area contributed by atoms with Crippen LogP contribution in [-0.4, -0.2) is 42.3 Å². The van der Waals surface area contributed by atoms with E-state index in [-0.39, 0.29) is 0 Å². The first-order chi connectivity index (χ1) is 14.6. The molecule has 0 atom stereocenters. The maximum Gasteiger partial charge on any atom is 0.147 e. The Labute approximate surface area is 182 Å². The summed E-state index contributed by atoms with van der Waals surface area (Å²) >= 11 is 1.55. The summed E-state index contributed by atoms with van der Waals surface area (Å²) in [5.74, 6) is 7.26. The second kappa shape index (κ2) is 10.6. The van der Waals surface area contributed by atoms with Gasteiger partial charge in [0.1, 0.15) is 12.1 Å². The van der Waals surface area contributed by atoms with Crippen molar-refractivity contribution in [2.45, 2.75) is 18.7 Å². The molecule has 7 heteroatoms. The van der Waals surface area contributed by atoms with Crippen LogP contribution in [-0.2, 0) is 4.74 Å². The number of aromatic nitrogens is 3. The van der Waals surface area contributed by atoms with Crippen molar-refractivity contribution in [3.05, 3.63) is 71.4 Å². The van der Waals surface area contributed by atoms with Gasteiger partial charge >= 0.3 is 0 Å². The molecule has 0 amide bonds. The third-order valence-corrected chi connectivity index (χ3v) is 5.28. The first-order valence-corrected chi connectivity index (χ1v) is 10.4. The Morgan fingerprint density at radius 2 is 1.87 bits per heavy atom. The topological polar surface area (TPSA) is 63.2 Å². The molecule has 1 aromatic carbocycles. The summed E-state index contributed by atoms with van der Waals surface area (Å²) in [6.07, 6.45) is 3.35. The van der Waals surface area contributed by atoms with Crippen molar-refractivity contribution < 1.29 is 4.74 Å². The van der Waals surface area contributed by atoms with Crippen LogP contribution in [0, 0.1) is 25.7 Å². The predicted molar refractivity (Wildman–Crippen MR) is 123 cm³/mol. The molecular weight excluding hydrogens is 394 g/mol. The van der Waals surface area contributed by atoms with Crippen LogP contribution >= 0.6 is 11.9 Å². The first kappa shape index (κ1) is 21.6. The minimum atomic E-state index is 0.614. The number of hydrogen-bond donors (Lipinski definition) is 1. The Balaban J connectivity index is 1.83. The van der Waals surface area contributed by atoms with Crippen molar-refractivity contribution in [2.75, 3.05) is 36.9 Å². The molecule has 0 unspecified atom stereocenters. The van der Waals surface area contributed by atoms with Gasteiger partial charge in [0.05, 0.1) is 29.2 Å². The normalized spacial score (nSPS) is 10.3. The summed E-state index contributed by atoms with van der Waals surface area (Å²) in [6.45, 7) is 5.25. The Hall–Kier alpha value is -3.08. The number of nitrogens with zero attached hydrogens (tertiary/aromatic N) is 4. The van der Waals surface area contributed by atoms with Crippen LogP contribution in [0.5, 0.6) is 0 Å². The lowest BCUT2D eigenvalue weighted by molar-refractivity contribution is 0.206. The molecule has 1 N–H and O–H groups in total. The fourth-order valence-electron chi connectivity index (χ4n) is 2.67. The molecule has 0 saturated carbocycles. The van der Waals surface area contributed by atoms with Crippen molar-refractivity contribution >= 4 is 23.5 Å². The van der Waals surface area contributed by atoms with Crippen LogP contribution in [0.3, 0.4) is 0 Å². The van der Waals surface area contributed by atoms with Crippen LogP contribution < -0.4 is 9.62 Å². The molecule has 30 heavy (non-hydrogen) atoms. The molecule has 3 aromatic rings. The Morgan fingerprint density at radius 1 is 1.07 bits per heavy atom. The van der Waals surface area contributed by atoms with Gasteiger partial charge in [0.15, 0.2) is 0 Å². The van der Waals surface area contributed by atoms with Gasteiger partial charge in [-0.15, -0.1) is 0 Å². The van der Waals surface area contributed by atoms with Crippen LogP contribution in [0.25, 0.3) is 0 Å². The zero-order valence-corrected chi connectivity index (χ0v) is 18.5. The highest BCUT2D eigenvalue weighted by molar-refractivity contribution is 8.00. The van der Waals surface area contributed by atoms with E-state index in [2.05, 4.69) is 43.6 Å². The fraction of sp³-hybridized carbons (Fsp3) is 0.261. The van der Waals surface area contributed by atoms with Crippen molar-refractivity contribution in [3.63, 3.8) is 0 Å². The van der Waals surface area contributed by atoms with Gasteiger partial charge in [-0.1, -0.05) is 30.0 Å². The Kier molecular flexibility index (Phi) is 7.66. The SMILES string of the molecule is COCCN(C)c1ncnc(C)c1C#Cc1cnc(C)c(NSc2ccccc2)c1. The highest BCUT2D eigenvalue weighted by Crippen LogP contribution is 2.23. The molecule has 6 nitrogen and oxygen atoms in total. The number of pyridine rings is 1. The van der Waals surface area contributed by atoms with Gasteiger partial charge in [0, 0.05) is 37.4 Å². The summed E-state index contributed by atoms with van der Waals surface area (Å²) in [5, 5.41) is 0. The van der Waals surface area contributed by atoms with Crippen molar-refractivity contribution in [1.82, 2.24) is 15.0 Å². The first-order valence-electron chi connectivity index (χ1n) is 9.56. The fourth-order valence-corrected chi connectivity index (χ4v) is 3.40. The highest BCUT2D eigenvalue weighted by atomic mass is 32.2. The van der Waals surface area contributed by atoms with Gasteiger partial charge in [-0.25, -0.2) is 9.97 Å². The molecule has 0 saturated heterocycles. The number of methoxy groups -OCH3 is 1. The summed E-state index contributed by atoms with van der Waals surface area (Å²) in [4.78, 5) is 16.4. The second-order valence-corrected chi connectivity index (χ2v) is 7.58. The summed E-state index contributed by atoms with van der Waals surface area (Å²) in [6, 6.07) is 12.2. The molecule has 0 aliphatic rings. The summed E-state index contributed by atoms with van der Waals surface area (Å²) in [5.41, 5.74) is 4.34. The van der Waals surface area contributed by atoms with Gasteiger partial charge in [0.25, 0.3) is 0 Å². The van der Waals surface area contributed by atoms with E-state index in [0.717, 1.165) is 45.5 Å². The molecular formula is C23H25N5OS. The molecule has 2 aromatic heterocycles. The van der Waals surface area contributed by atoms with Crippen molar-refractivity contribution in [1.29, 1.82) is 0 Å². The average molecular weight is 420 g/mol. The molecule has 2 heterocycles. The third-order valence-electron chi connectivity index (χ3n) is 4.45. The third kappa shape index (κ3) is 5.72. The number of nitrogens with one attached hydrogen (secondary N) is 1. The van der Waals surface area contributed by atoms with E-state index in [1.54, 1.807) is 31.6 Å². The van der Waals surface area contributed by atoms with Gasteiger partial charge in [-0.05, 0) is 44.0 Å². The lowest BCUT2D eigenvalue weighted by atomic mass is 10.1. The average Bonchev–Trinajstić information content (AvgIpc) is 2.77. The summed E-state index contributed by atoms with van der Waals surface area (Å²) in [7, 11) is 3.66. The molecule has 0 aliphatic heterocycles. The van der Waals surface area contributed by atoms with Gasteiger partial charge < -0.3 is 14.4 Å². The van der Waals surface area contributed by atoms with E-state index >= 15 is 0 Å². The molecule has 0 fully saturated rings. The van der Waals surface area contributed by atoms with Gasteiger partial charge in [0.2, 0.25) is 0 Å². The minimum Gasteiger partial charge on any atom is -0.383 e. The zero-order chi connectivity index (χ0) is 21.3. The number of rotatable bonds is 7. The molecule has 3 rings (SSSR count).